The molecule has 2 aliphatic rings. The smallest absolute Gasteiger partial charge is 0.0221 e. The van der Waals surface area contributed by atoms with Crippen molar-refractivity contribution >= 4 is 0 Å². The maximum atomic E-state index is 3.64. The lowest BCUT2D eigenvalue weighted by molar-refractivity contribution is 0.0495. The first kappa shape index (κ1) is 13.4. The molecule has 0 radical (unpaired) electrons. The summed E-state index contributed by atoms with van der Waals surface area (Å²) < 4.78 is 0. The van der Waals surface area contributed by atoms with Gasteiger partial charge in [-0.15, -0.1) is 0 Å². The minimum absolute atomic E-state index is 0.680. The Bertz CT molecular complexity index is 229. The molecule has 0 spiro atoms. The van der Waals surface area contributed by atoms with Gasteiger partial charge in [0.05, 0.1) is 0 Å². The Balaban J connectivity index is 1.97. The van der Waals surface area contributed by atoms with E-state index in [1.165, 1.54) is 51.6 Å². The number of hydrogen-bond acceptors (Lipinski definition) is 2. The third-order valence-electron chi connectivity index (χ3n) is 4.93. The number of rotatable bonds is 3. The minimum atomic E-state index is 0.680. The van der Waals surface area contributed by atoms with Crippen LogP contribution in [0.5, 0.6) is 0 Å². The fraction of sp³-hybridized carbons (Fsp3) is 1.00. The summed E-state index contributed by atoms with van der Waals surface area (Å²) in [6.07, 6.45) is 8.52. The van der Waals surface area contributed by atoms with Crippen LogP contribution in [0.2, 0.25) is 0 Å². The van der Waals surface area contributed by atoms with Gasteiger partial charge in [0.1, 0.15) is 0 Å². The third-order valence-corrected chi connectivity index (χ3v) is 4.93. The molecule has 0 aromatic heterocycles. The van der Waals surface area contributed by atoms with E-state index in [4.69, 9.17) is 0 Å². The molecule has 0 bridgehead atoms. The van der Waals surface area contributed by atoms with Crippen LogP contribution in [0.1, 0.15) is 59.3 Å². The summed E-state index contributed by atoms with van der Waals surface area (Å²) in [4.78, 5) is 2.84. The molecule has 1 N–H and O–H groups in total. The van der Waals surface area contributed by atoms with E-state index in [-0.39, 0.29) is 0 Å². The first-order chi connectivity index (χ1) is 8.24. The molecule has 0 aromatic carbocycles. The van der Waals surface area contributed by atoms with Gasteiger partial charge in [-0.1, -0.05) is 33.1 Å². The molecule has 17 heavy (non-hydrogen) atoms. The number of piperazine rings is 1. The van der Waals surface area contributed by atoms with Crippen molar-refractivity contribution < 1.29 is 0 Å². The summed E-state index contributed by atoms with van der Waals surface area (Å²) in [7, 11) is 0. The second kappa shape index (κ2) is 6.19. The number of hydrogen-bond donors (Lipinski definition) is 1. The van der Waals surface area contributed by atoms with Gasteiger partial charge in [0.15, 0.2) is 0 Å². The Morgan fingerprint density at radius 3 is 2.71 bits per heavy atom. The highest BCUT2D eigenvalue weighted by molar-refractivity contribution is 4.90. The monoisotopic (exact) mass is 238 g/mol. The first-order valence-corrected chi connectivity index (χ1v) is 7.73. The number of nitrogens with zero attached hydrogens (tertiary/aromatic N) is 1. The second-order valence-corrected chi connectivity index (χ2v) is 6.16. The Labute approximate surface area is 107 Å². The van der Waals surface area contributed by atoms with Gasteiger partial charge in [-0.05, 0) is 32.1 Å². The highest BCUT2D eigenvalue weighted by Crippen LogP contribution is 2.31. The standard InChI is InChI=1S/C15H30N2/c1-4-13-7-6-8-15(9-13)17-11-12(3)16-10-14(17)5-2/h12-16H,4-11H2,1-3H3. The third kappa shape index (κ3) is 3.23. The van der Waals surface area contributed by atoms with Crippen LogP contribution in [0.4, 0.5) is 0 Å². The zero-order valence-corrected chi connectivity index (χ0v) is 11.9. The van der Waals surface area contributed by atoms with Gasteiger partial charge < -0.3 is 5.32 Å². The van der Waals surface area contributed by atoms with Crippen molar-refractivity contribution in [3.05, 3.63) is 0 Å². The van der Waals surface area contributed by atoms with Gasteiger partial charge in [-0.2, -0.15) is 0 Å². The predicted molar refractivity (Wildman–Crippen MR) is 74.3 cm³/mol. The van der Waals surface area contributed by atoms with Gasteiger partial charge in [0.25, 0.3) is 0 Å². The van der Waals surface area contributed by atoms with Crippen molar-refractivity contribution in [2.75, 3.05) is 13.1 Å². The molecule has 100 valence electrons. The van der Waals surface area contributed by atoms with E-state index in [0.717, 1.165) is 18.0 Å². The zero-order valence-electron chi connectivity index (χ0n) is 11.9. The predicted octanol–water partition coefficient (Wildman–Crippen LogP) is 3.03. The van der Waals surface area contributed by atoms with E-state index in [1.54, 1.807) is 0 Å². The fourth-order valence-electron chi connectivity index (χ4n) is 3.75. The minimum Gasteiger partial charge on any atom is -0.311 e. The molecular weight excluding hydrogens is 208 g/mol. The molecule has 2 fully saturated rings. The quantitative estimate of drug-likeness (QED) is 0.813. The van der Waals surface area contributed by atoms with Gasteiger partial charge in [-0.3, -0.25) is 4.90 Å². The summed E-state index contributed by atoms with van der Waals surface area (Å²) >= 11 is 0. The van der Waals surface area contributed by atoms with E-state index >= 15 is 0 Å². The van der Waals surface area contributed by atoms with Crippen LogP contribution in [0.15, 0.2) is 0 Å². The van der Waals surface area contributed by atoms with Gasteiger partial charge >= 0.3 is 0 Å². The Kier molecular flexibility index (Phi) is 4.87. The van der Waals surface area contributed by atoms with Gasteiger partial charge in [-0.25, -0.2) is 0 Å². The average Bonchev–Trinajstić information content (AvgIpc) is 2.39. The van der Waals surface area contributed by atoms with Gasteiger partial charge in [0.2, 0.25) is 0 Å². The summed E-state index contributed by atoms with van der Waals surface area (Å²) in [5.41, 5.74) is 0. The molecule has 0 amide bonds. The van der Waals surface area contributed by atoms with Crippen LogP contribution < -0.4 is 5.32 Å². The molecule has 1 aliphatic carbocycles. The lowest BCUT2D eigenvalue weighted by Gasteiger charge is -2.46. The zero-order chi connectivity index (χ0) is 12.3. The van der Waals surface area contributed by atoms with E-state index in [1.807, 2.05) is 0 Å². The van der Waals surface area contributed by atoms with Crippen molar-refractivity contribution in [1.29, 1.82) is 0 Å². The van der Waals surface area contributed by atoms with Crippen LogP contribution in [0.25, 0.3) is 0 Å². The molecule has 2 nitrogen and oxygen atoms in total. The summed E-state index contributed by atoms with van der Waals surface area (Å²) in [5.74, 6) is 0.997. The van der Waals surface area contributed by atoms with Crippen molar-refractivity contribution in [1.82, 2.24) is 10.2 Å². The maximum absolute atomic E-state index is 3.64. The van der Waals surface area contributed by atoms with Crippen LogP contribution in [-0.2, 0) is 0 Å². The van der Waals surface area contributed by atoms with Crippen LogP contribution in [-0.4, -0.2) is 36.1 Å². The SMILES string of the molecule is CCC1CCCC(N2CC(C)NCC2CC)C1. The molecule has 1 heterocycles. The van der Waals surface area contributed by atoms with Crippen molar-refractivity contribution in [2.45, 2.75) is 77.4 Å². The molecule has 1 saturated carbocycles. The lowest BCUT2D eigenvalue weighted by atomic mass is 9.82. The Hall–Kier alpha value is -0.0800. The highest BCUT2D eigenvalue weighted by atomic mass is 15.3. The summed E-state index contributed by atoms with van der Waals surface area (Å²) in [6, 6.07) is 2.34. The van der Waals surface area contributed by atoms with Crippen LogP contribution in [0, 0.1) is 5.92 Å². The van der Waals surface area contributed by atoms with E-state index in [9.17, 15) is 0 Å². The first-order valence-electron chi connectivity index (χ1n) is 7.73. The molecule has 1 aliphatic heterocycles. The second-order valence-electron chi connectivity index (χ2n) is 6.16. The fourth-order valence-corrected chi connectivity index (χ4v) is 3.75. The summed E-state index contributed by atoms with van der Waals surface area (Å²) in [6.45, 7) is 9.50. The average molecular weight is 238 g/mol. The van der Waals surface area contributed by atoms with Crippen molar-refractivity contribution in [3.63, 3.8) is 0 Å². The largest absolute Gasteiger partial charge is 0.311 e. The molecule has 4 unspecified atom stereocenters. The topological polar surface area (TPSA) is 15.3 Å². The van der Waals surface area contributed by atoms with E-state index < -0.39 is 0 Å². The molecule has 2 rings (SSSR count). The highest BCUT2D eigenvalue weighted by Gasteiger charge is 2.32. The normalized spacial score (nSPS) is 40.4. The Morgan fingerprint density at radius 1 is 1.18 bits per heavy atom. The lowest BCUT2D eigenvalue weighted by Crippen LogP contribution is -2.59. The van der Waals surface area contributed by atoms with Crippen LogP contribution >= 0.6 is 0 Å². The van der Waals surface area contributed by atoms with Crippen molar-refractivity contribution in [2.24, 2.45) is 5.92 Å². The maximum Gasteiger partial charge on any atom is 0.0221 e. The van der Waals surface area contributed by atoms with Crippen molar-refractivity contribution in [3.8, 4) is 0 Å². The van der Waals surface area contributed by atoms with Gasteiger partial charge in [0, 0.05) is 31.2 Å². The van der Waals surface area contributed by atoms with E-state index in [2.05, 4.69) is 31.0 Å². The molecule has 4 atom stereocenters. The molecule has 0 aromatic rings. The van der Waals surface area contributed by atoms with Crippen LogP contribution in [0.3, 0.4) is 0 Å². The summed E-state index contributed by atoms with van der Waals surface area (Å²) in [5, 5.41) is 3.64. The molecule has 2 heteroatoms. The Morgan fingerprint density at radius 2 is 2.00 bits per heavy atom. The van der Waals surface area contributed by atoms with E-state index in [0.29, 0.717) is 6.04 Å². The number of nitrogens with one attached hydrogen (secondary N) is 1. The molecule has 1 saturated heterocycles. The molecular formula is C15H30N2.